The van der Waals surface area contributed by atoms with Crippen LogP contribution in [0.5, 0.6) is 0 Å². The van der Waals surface area contributed by atoms with Gasteiger partial charge in [-0.2, -0.15) is 5.10 Å². The highest BCUT2D eigenvalue weighted by Gasteiger charge is 2.19. The number of likely N-dealkylation sites (tertiary alicyclic amines) is 1. The van der Waals surface area contributed by atoms with Gasteiger partial charge in [0, 0.05) is 30.6 Å². The lowest BCUT2D eigenvalue weighted by atomic mass is 9.99. The summed E-state index contributed by atoms with van der Waals surface area (Å²) in [6.07, 6.45) is 6.50. The Morgan fingerprint density at radius 1 is 0.973 bits per heavy atom. The van der Waals surface area contributed by atoms with Crippen LogP contribution in [0.4, 0.5) is 20.3 Å². The molecule has 37 heavy (non-hydrogen) atoms. The summed E-state index contributed by atoms with van der Waals surface area (Å²) < 4.78 is 29.6. The number of piperidine rings is 1. The van der Waals surface area contributed by atoms with Crippen LogP contribution in [0.3, 0.4) is 0 Å². The summed E-state index contributed by atoms with van der Waals surface area (Å²) in [6.45, 7) is 8.85. The largest absolute Gasteiger partial charge is 0.356 e. The quantitative estimate of drug-likeness (QED) is 0.317. The number of hydrogen-bond acceptors (Lipinski definition) is 5. The highest BCUT2D eigenvalue weighted by Crippen LogP contribution is 2.32. The predicted molar refractivity (Wildman–Crippen MR) is 144 cm³/mol. The van der Waals surface area contributed by atoms with Crippen molar-refractivity contribution in [3.05, 3.63) is 78.1 Å². The minimum atomic E-state index is -0.836. The lowest BCUT2D eigenvalue weighted by Crippen LogP contribution is -2.37. The van der Waals surface area contributed by atoms with Crippen LogP contribution < -0.4 is 10.2 Å². The summed E-state index contributed by atoms with van der Waals surface area (Å²) in [5.74, 6) is -0.691. The molecule has 2 aliphatic rings. The van der Waals surface area contributed by atoms with Crippen molar-refractivity contribution in [2.24, 2.45) is 0 Å². The van der Waals surface area contributed by atoms with E-state index >= 15 is 0 Å². The van der Waals surface area contributed by atoms with Crippen molar-refractivity contribution >= 4 is 28.1 Å². The molecule has 6 rings (SSSR count). The Morgan fingerprint density at radius 2 is 1.81 bits per heavy atom. The second-order valence-electron chi connectivity index (χ2n) is 9.96. The van der Waals surface area contributed by atoms with Gasteiger partial charge >= 0.3 is 0 Å². The zero-order chi connectivity index (χ0) is 25.4. The van der Waals surface area contributed by atoms with E-state index < -0.39 is 11.6 Å². The second kappa shape index (κ2) is 9.94. The molecule has 0 aliphatic carbocycles. The van der Waals surface area contributed by atoms with Crippen LogP contribution in [0, 0.1) is 11.6 Å². The van der Waals surface area contributed by atoms with E-state index in [1.165, 1.54) is 18.9 Å². The first-order valence-electron chi connectivity index (χ1n) is 12.9. The number of anilines is 2. The Kier molecular flexibility index (Phi) is 6.34. The topological polar surface area (TPSA) is 60.1 Å². The van der Waals surface area contributed by atoms with Crippen molar-refractivity contribution in [3.63, 3.8) is 0 Å². The van der Waals surface area contributed by atoms with Gasteiger partial charge in [-0.05, 0) is 79.9 Å². The number of nitrogens with one attached hydrogen (secondary N) is 2. The van der Waals surface area contributed by atoms with Crippen molar-refractivity contribution in [1.82, 2.24) is 20.1 Å². The standard InChI is InChI=1S/C29H30F2N6/c1-19(33-22-7-9-27(32-17-22)37-12-5-13-37)29-24-16-21(6-8-26(24)34-35-29)23-14-20(15-25(30)28(23)31)18-36-10-3-2-4-11-36/h6-9,14-17,33H,1-5,10-13,18H2,(H,34,35). The van der Waals surface area contributed by atoms with Crippen LogP contribution in [0.25, 0.3) is 27.7 Å². The number of nitrogens with zero attached hydrogens (tertiary/aromatic N) is 4. The molecule has 4 aromatic rings. The van der Waals surface area contributed by atoms with Crippen molar-refractivity contribution in [1.29, 1.82) is 0 Å². The summed E-state index contributed by atoms with van der Waals surface area (Å²) in [6, 6.07) is 12.5. The number of hydrogen-bond donors (Lipinski definition) is 2. The third-order valence-corrected chi connectivity index (χ3v) is 7.33. The minimum Gasteiger partial charge on any atom is -0.356 e. The summed E-state index contributed by atoms with van der Waals surface area (Å²) in [5.41, 5.74) is 4.44. The van der Waals surface area contributed by atoms with Gasteiger partial charge in [-0.25, -0.2) is 13.8 Å². The molecule has 0 spiro atoms. The van der Waals surface area contributed by atoms with Gasteiger partial charge in [-0.15, -0.1) is 0 Å². The molecule has 0 saturated carbocycles. The van der Waals surface area contributed by atoms with Gasteiger partial charge in [0.05, 0.1) is 23.1 Å². The third kappa shape index (κ3) is 4.81. The highest BCUT2D eigenvalue weighted by atomic mass is 19.2. The average Bonchev–Trinajstić information content (AvgIpc) is 3.30. The molecule has 2 N–H and O–H groups in total. The van der Waals surface area contributed by atoms with E-state index in [1.807, 2.05) is 24.3 Å². The number of benzene rings is 2. The fraction of sp³-hybridized carbons (Fsp3) is 0.310. The van der Waals surface area contributed by atoms with Gasteiger partial charge in [0.15, 0.2) is 11.6 Å². The van der Waals surface area contributed by atoms with Crippen LogP contribution in [0.2, 0.25) is 0 Å². The normalized spacial score (nSPS) is 16.1. The van der Waals surface area contributed by atoms with E-state index in [0.717, 1.165) is 67.0 Å². The highest BCUT2D eigenvalue weighted by molar-refractivity contribution is 5.95. The van der Waals surface area contributed by atoms with Crippen LogP contribution in [0.1, 0.15) is 36.9 Å². The average molecular weight is 501 g/mol. The van der Waals surface area contributed by atoms with Crippen LogP contribution >= 0.6 is 0 Å². The molecule has 2 aromatic heterocycles. The maximum absolute atomic E-state index is 15.0. The first kappa shape index (κ1) is 23.6. The van der Waals surface area contributed by atoms with E-state index in [2.05, 4.69) is 36.9 Å². The second-order valence-corrected chi connectivity index (χ2v) is 9.96. The zero-order valence-corrected chi connectivity index (χ0v) is 20.7. The number of rotatable bonds is 7. The van der Waals surface area contributed by atoms with Gasteiger partial charge in [0.2, 0.25) is 0 Å². The summed E-state index contributed by atoms with van der Waals surface area (Å²) >= 11 is 0. The molecule has 0 unspecified atom stereocenters. The molecule has 6 nitrogen and oxygen atoms in total. The number of pyridine rings is 1. The number of aromatic nitrogens is 3. The molecule has 0 radical (unpaired) electrons. The van der Waals surface area contributed by atoms with Gasteiger partial charge in [-0.3, -0.25) is 10.00 Å². The van der Waals surface area contributed by atoms with E-state index in [4.69, 9.17) is 0 Å². The zero-order valence-electron chi connectivity index (χ0n) is 20.7. The molecule has 0 amide bonds. The van der Waals surface area contributed by atoms with Crippen molar-refractivity contribution in [3.8, 4) is 11.1 Å². The fourth-order valence-electron chi connectivity index (χ4n) is 5.16. The minimum absolute atomic E-state index is 0.255. The number of halogens is 2. The molecule has 0 bridgehead atoms. The molecule has 8 heteroatoms. The van der Waals surface area contributed by atoms with Crippen LogP contribution in [-0.4, -0.2) is 46.3 Å². The van der Waals surface area contributed by atoms with Crippen molar-refractivity contribution in [2.45, 2.75) is 32.2 Å². The monoisotopic (exact) mass is 500 g/mol. The Balaban J connectivity index is 1.26. The first-order chi connectivity index (χ1) is 18.0. The molecule has 4 heterocycles. The number of aromatic amines is 1. The maximum Gasteiger partial charge on any atom is 0.166 e. The predicted octanol–water partition coefficient (Wildman–Crippen LogP) is 6.18. The van der Waals surface area contributed by atoms with Crippen molar-refractivity contribution < 1.29 is 8.78 Å². The first-order valence-corrected chi connectivity index (χ1v) is 12.9. The van der Waals surface area contributed by atoms with E-state index in [-0.39, 0.29) is 5.56 Å². The lowest BCUT2D eigenvalue weighted by Gasteiger charge is -2.31. The molecular formula is C29H30F2N6. The molecule has 2 saturated heterocycles. The Bertz CT molecular complexity index is 1440. The molecule has 190 valence electrons. The summed E-state index contributed by atoms with van der Waals surface area (Å²) in [7, 11) is 0. The molecule has 2 aromatic carbocycles. The SMILES string of the molecule is C=C(Nc1ccc(N2CCC2)nc1)c1n[nH]c2ccc(-c3cc(CN4CCCCC4)cc(F)c3F)cc12. The van der Waals surface area contributed by atoms with Crippen molar-refractivity contribution in [2.75, 3.05) is 36.4 Å². The van der Waals surface area contributed by atoms with E-state index in [1.54, 1.807) is 18.3 Å². The number of H-pyrrole nitrogens is 1. The molecule has 2 aliphatic heterocycles. The summed E-state index contributed by atoms with van der Waals surface area (Å²) in [5, 5.41) is 11.5. The van der Waals surface area contributed by atoms with E-state index in [9.17, 15) is 8.78 Å². The fourth-order valence-corrected chi connectivity index (χ4v) is 5.16. The summed E-state index contributed by atoms with van der Waals surface area (Å²) in [4.78, 5) is 9.06. The van der Waals surface area contributed by atoms with E-state index in [0.29, 0.717) is 23.5 Å². The Hall–Kier alpha value is -3.78. The molecule has 2 fully saturated rings. The van der Waals surface area contributed by atoms with Crippen LogP contribution in [-0.2, 0) is 6.54 Å². The molecule has 0 atom stereocenters. The lowest BCUT2D eigenvalue weighted by molar-refractivity contribution is 0.220. The third-order valence-electron chi connectivity index (χ3n) is 7.33. The Labute approximate surface area is 215 Å². The Morgan fingerprint density at radius 3 is 2.54 bits per heavy atom. The van der Waals surface area contributed by atoms with Gasteiger partial charge in [-0.1, -0.05) is 19.1 Å². The van der Waals surface area contributed by atoms with Gasteiger partial charge in [0.25, 0.3) is 0 Å². The smallest absolute Gasteiger partial charge is 0.166 e. The number of fused-ring (bicyclic) bond motifs is 1. The molecular weight excluding hydrogens is 470 g/mol. The van der Waals surface area contributed by atoms with Crippen LogP contribution in [0.15, 0.2) is 55.2 Å². The van der Waals surface area contributed by atoms with Gasteiger partial charge < -0.3 is 10.2 Å². The maximum atomic E-state index is 15.0. The van der Waals surface area contributed by atoms with Gasteiger partial charge in [0.1, 0.15) is 11.5 Å².